The second-order valence-electron chi connectivity index (χ2n) is 12.2. The van der Waals surface area contributed by atoms with E-state index in [1.165, 1.54) is 104 Å². The number of hydrogen-bond donors (Lipinski definition) is 0. The SMILES string of the molecule is CCCCCC(=Nc1cc(CCCC)cc(CCCC)c1)C(CCCC)=[N+]([Ni])c1cc(CCCC)cc(CCCC)c1. The molecular weight excluding hydrogens is 555 g/mol. The molecule has 0 aliphatic rings. The zero-order valence-corrected chi connectivity index (χ0v) is 29.1. The molecule has 0 unspecified atom stereocenters. The van der Waals surface area contributed by atoms with Crippen LogP contribution in [0.1, 0.15) is 160 Å². The summed E-state index contributed by atoms with van der Waals surface area (Å²) in [6, 6.07) is 14.3. The Balaban J connectivity index is 2.70. The van der Waals surface area contributed by atoms with Crippen LogP contribution in [-0.4, -0.2) is 15.1 Å². The molecule has 2 nitrogen and oxygen atoms in total. The van der Waals surface area contributed by atoms with Crippen LogP contribution in [0.5, 0.6) is 0 Å². The predicted octanol–water partition coefficient (Wildman–Crippen LogP) is 12.1. The van der Waals surface area contributed by atoms with Gasteiger partial charge in [0.25, 0.3) is 0 Å². The summed E-state index contributed by atoms with van der Waals surface area (Å²) < 4.78 is 2.14. The Morgan fingerprint density at radius 1 is 0.524 bits per heavy atom. The van der Waals surface area contributed by atoms with Crippen LogP contribution in [0, 0.1) is 0 Å². The van der Waals surface area contributed by atoms with Crippen LogP contribution in [0.2, 0.25) is 0 Å². The van der Waals surface area contributed by atoms with Gasteiger partial charge in [-0.1, -0.05) is 0 Å². The molecule has 0 aliphatic carbocycles. The summed E-state index contributed by atoms with van der Waals surface area (Å²) in [5.74, 6) is 0. The van der Waals surface area contributed by atoms with Crippen LogP contribution >= 0.6 is 0 Å². The molecule has 0 spiro atoms. The Morgan fingerprint density at radius 2 is 0.952 bits per heavy atom. The Labute approximate surface area is 268 Å². The normalized spacial score (nSPS) is 12.6. The molecule has 3 heteroatoms. The summed E-state index contributed by atoms with van der Waals surface area (Å²) in [7, 11) is 0. The van der Waals surface area contributed by atoms with Crippen molar-refractivity contribution in [3.8, 4) is 0 Å². The number of unbranched alkanes of at least 4 members (excludes halogenated alkanes) is 7. The van der Waals surface area contributed by atoms with Gasteiger partial charge in [-0.2, -0.15) is 0 Å². The van der Waals surface area contributed by atoms with Gasteiger partial charge in [0.1, 0.15) is 0 Å². The summed E-state index contributed by atoms with van der Waals surface area (Å²) in [5, 5.41) is 0. The molecule has 0 saturated carbocycles. The number of hydrogen-bond acceptors (Lipinski definition) is 1. The quantitative estimate of drug-likeness (QED) is 0.0710. The van der Waals surface area contributed by atoms with E-state index in [0.29, 0.717) is 0 Å². The number of aliphatic imine (C=N–C) groups is 1. The molecule has 0 radical (unpaired) electrons. The molecule has 2 rings (SSSR count). The van der Waals surface area contributed by atoms with Crippen molar-refractivity contribution in [3.63, 3.8) is 0 Å². The van der Waals surface area contributed by atoms with Crippen LogP contribution in [0.3, 0.4) is 0 Å². The Morgan fingerprint density at radius 3 is 1.38 bits per heavy atom. The van der Waals surface area contributed by atoms with Crippen LogP contribution in [0.15, 0.2) is 41.4 Å². The van der Waals surface area contributed by atoms with E-state index in [0.717, 1.165) is 63.5 Å². The van der Waals surface area contributed by atoms with E-state index >= 15 is 0 Å². The van der Waals surface area contributed by atoms with E-state index in [1.807, 2.05) is 0 Å². The van der Waals surface area contributed by atoms with E-state index in [1.54, 1.807) is 0 Å². The fraction of sp³-hybridized carbons (Fsp3) is 0.641. The standard InChI is InChI=1S/C39H62N2.Ni/c1-7-13-19-25-39(41-37-30-34(22-16-10-4)27-35(31-37)23-17-11-5)38(24-18-12-6)40-36-28-32(20-14-8-2)26-33(29-36)21-15-9-3;/h26-31H,7-25H2,1-6H3;/q;+1. The van der Waals surface area contributed by atoms with Gasteiger partial charge in [0.15, 0.2) is 0 Å². The second kappa shape index (κ2) is 21.9. The number of rotatable bonds is 22. The van der Waals surface area contributed by atoms with E-state index in [4.69, 9.17) is 20.7 Å². The van der Waals surface area contributed by atoms with Crippen LogP contribution < -0.4 is 0 Å². The van der Waals surface area contributed by atoms with E-state index in [2.05, 4.69) is 81.6 Å². The van der Waals surface area contributed by atoms with Gasteiger partial charge < -0.3 is 0 Å². The molecule has 0 atom stereocenters. The van der Waals surface area contributed by atoms with Crippen molar-refractivity contribution in [2.75, 3.05) is 0 Å². The van der Waals surface area contributed by atoms with Crippen molar-refractivity contribution >= 4 is 22.8 Å². The zero-order valence-electron chi connectivity index (χ0n) is 28.1. The van der Waals surface area contributed by atoms with Gasteiger partial charge in [-0.15, -0.1) is 0 Å². The Bertz CT molecular complexity index is 1050. The molecule has 0 fully saturated rings. The average Bonchev–Trinajstić information content (AvgIpc) is 3.00. The van der Waals surface area contributed by atoms with Crippen molar-refractivity contribution < 1.29 is 19.3 Å². The third kappa shape index (κ3) is 13.3. The molecule has 0 saturated heterocycles. The van der Waals surface area contributed by atoms with Gasteiger partial charge in [-0.3, -0.25) is 0 Å². The predicted molar refractivity (Wildman–Crippen MR) is 183 cm³/mol. The van der Waals surface area contributed by atoms with Gasteiger partial charge in [0.2, 0.25) is 0 Å². The molecule has 237 valence electrons. The molecule has 0 bridgehead atoms. The zero-order chi connectivity index (χ0) is 30.6. The van der Waals surface area contributed by atoms with Gasteiger partial charge in [-0.05, 0) is 0 Å². The second-order valence-corrected chi connectivity index (χ2v) is 12.7. The number of aryl methyl sites for hydroxylation is 4. The van der Waals surface area contributed by atoms with Gasteiger partial charge >= 0.3 is 269 Å². The monoisotopic (exact) mass is 616 g/mol. The summed E-state index contributed by atoms with van der Waals surface area (Å²) >= 11 is 5.93. The first-order valence-corrected chi connectivity index (χ1v) is 18.1. The molecular formula is C39H62N2Ni+. The molecule has 0 aromatic heterocycles. The molecule has 0 aliphatic heterocycles. The van der Waals surface area contributed by atoms with Crippen LogP contribution in [-0.2, 0) is 41.4 Å². The maximum absolute atomic E-state index is 5.93. The number of benzene rings is 2. The molecule has 0 heterocycles. The van der Waals surface area contributed by atoms with Gasteiger partial charge in [0.05, 0.1) is 0 Å². The summed E-state index contributed by atoms with van der Waals surface area (Å²) in [5.41, 5.74) is 10.5. The third-order valence-electron chi connectivity index (χ3n) is 8.16. The van der Waals surface area contributed by atoms with Gasteiger partial charge in [0, 0.05) is 0 Å². The number of nitrogens with zero attached hydrogens (tertiary/aromatic N) is 2. The topological polar surface area (TPSA) is 15.4 Å². The average molecular weight is 618 g/mol. The summed E-state index contributed by atoms with van der Waals surface area (Å²) in [6.07, 6.45) is 22.2. The van der Waals surface area contributed by atoms with Crippen molar-refractivity contribution in [3.05, 3.63) is 58.7 Å². The summed E-state index contributed by atoms with van der Waals surface area (Å²) in [4.78, 5) is 5.49. The first-order chi connectivity index (χ1) is 20.5. The first-order valence-electron chi connectivity index (χ1n) is 17.6. The molecule has 0 amide bonds. The van der Waals surface area contributed by atoms with Crippen molar-refractivity contribution in [1.82, 2.24) is 0 Å². The fourth-order valence-electron chi connectivity index (χ4n) is 5.56. The Hall–Kier alpha value is -1.73. The van der Waals surface area contributed by atoms with Crippen molar-refractivity contribution in [2.24, 2.45) is 4.99 Å². The van der Waals surface area contributed by atoms with Gasteiger partial charge in [-0.25, -0.2) is 0 Å². The molecule has 2 aromatic carbocycles. The van der Waals surface area contributed by atoms with Crippen molar-refractivity contribution in [2.45, 2.75) is 164 Å². The first kappa shape index (κ1) is 36.5. The molecule has 0 N–H and O–H groups in total. The minimum atomic E-state index is 0.989. The van der Waals surface area contributed by atoms with E-state index < -0.39 is 0 Å². The molecule has 2 aromatic rings. The fourth-order valence-corrected chi connectivity index (χ4v) is 5.93. The van der Waals surface area contributed by atoms with Crippen LogP contribution in [0.25, 0.3) is 0 Å². The maximum atomic E-state index is 5.93. The van der Waals surface area contributed by atoms with Crippen LogP contribution in [0.4, 0.5) is 11.4 Å². The summed E-state index contributed by atoms with van der Waals surface area (Å²) in [6.45, 7) is 13.7. The Kier molecular flexibility index (Phi) is 19.0. The third-order valence-corrected chi connectivity index (χ3v) is 8.68. The minimum absolute atomic E-state index is 0.989. The van der Waals surface area contributed by atoms with Crippen molar-refractivity contribution in [1.29, 1.82) is 0 Å². The molecule has 42 heavy (non-hydrogen) atoms. The van der Waals surface area contributed by atoms with E-state index in [-0.39, 0.29) is 0 Å². The van der Waals surface area contributed by atoms with E-state index in [9.17, 15) is 0 Å².